The molecule has 2 aliphatic heterocycles. The van der Waals surface area contributed by atoms with Gasteiger partial charge in [-0.15, -0.1) is 5.10 Å². The Labute approximate surface area is 296 Å². The van der Waals surface area contributed by atoms with E-state index in [0.29, 0.717) is 52.8 Å². The van der Waals surface area contributed by atoms with E-state index in [9.17, 15) is 19.8 Å². The highest BCUT2D eigenvalue weighted by atomic mass is 16.5. The number of para-hydroxylation sites is 2. The molecule has 1 unspecified atom stereocenters. The van der Waals surface area contributed by atoms with Crippen LogP contribution in [0.2, 0.25) is 0 Å². The van der Waals surface area contributed by atoms with Gasteiger partial charge in [0.25, 0.3) is 11.8 Å². The molecule has 3 heterocycles. The first kappa shape index (κ1) is 33.7. The van der Waals surface area contributed by atoms with E-state index >= 15 is 0 Å². The van der Waals surface area contributed by atoms with Gasteiger partial charge in [-0.3, -0.25) is 19.2 Å². The number of rotatable bonds is 12. The number of aliphatic hydroxyl groups excluding tert-OH is 1. The van der Waals surface area contributed by atoms with E-state index in [1.807, 2.05) is 104 Å². The second-order valence-electron chi connectivity index (χ2n) is 12.8. The maximum atomic E-state index is 14.2. The van der Waals surface area contributed by atoms with Gasteiger partial charge < -0.3 is 24.6 Å². The summed E-state index contributed by atoms with van der Waals surface area (Å²) in [5.41, 5.74) is 3.12. The highest BCUT2D eigenvalue weighted by Crippen LogP contribution is 2.47. The van der Waals surface area contributed by atoms with Crippen LogP contribution < -0.4 is 19.3 Å². The summed E-state index contributed by atoms with van der Waals surface area (Å²) in [5, 5.41) is 30.7. The summed E-state index contributed by atoms with van der Waals surface area (Å²) < 4.78 is 12.8. The lowest BCUT2D eigenvalue weighted by atomic mass is 9.83. The molecule has 0 saturated heterocycles. The van der Waals surface area contributed by atoms with E-state index in [2.05, 4.69) is 10.3 Å². The predicted molar refractivity (Wildman–Crippen MR) is 192 cm³/mol. The number of fused-ring (bicyclic) bond motifs is 2. The number of anilines is 3. The average molecular weight is 686 g/mol. The molecule has 0 bridgehead atoms. The van der Waals surface area contributed by atoms with Gasteiger partial charge in [-0.2, -0.15) is 0 Å². The molecule has 0 saturated carbocycles. The zero-order valence-corrected chi connectivity index (χ0v) is 28.4. The number of aryl methyl sites for hydroxylation is 1. The third-order valence-corrected chi connectivity index (χ3v) is 9.62. The molecular formula is C40H39N5O6. The van der Waals surface area contributed by atoms with E-state index in [0.717, 1.165) is 11.1 Å². The molecule has 260 valence electrons. The topological polar surface area (TPSA) is 130 Å². The molecular weight excluding hydrogens is 646 g/mol. The Morgan fingerprint density at radius 3 is 2.51 bits per heavy atom. The van der Waals surface area contributed by atoms with Crippen LogP contribution in [-0.4, -0.2) is 57.3 Å². The Hall–Kier alpha value is -5.78. The minimum absolute atomic E-state index is 0.0479. The van der Waals surface area contributed by atoms with Gasteiger partial charge in [-0.1, -0.05) is 78.9 Å². The maximum absolute atomic E-state index is 14.2. The van der Waals surface area contributed by atoms with Crippen molar-refractivity contribution < 1.29 is 29.3 Å². The van der Waals surface area contributed by atoms with Crippen molar-refractivity contribution in [2.24, 2.45) is 5.92 Å². The third kappa shape index (κ3) is 6.37. The van der Waals surface area contributed by atoms with Crippen molar-refractivity contribution in [3.63, 3.8) is 0 Å². The van der Waals surface area contributed by atoms with Crippen LogP contribution in [0.4, 0.5) is 17.1 Å². The average Bonchev–Trinajstić information content (AvgIpc) is 3.71. The monoisotopic (exact) mass is 685 g/mol. The Bertz CT molecular complexity index is 2060. The lowest BCUT2D eigenvalue weighted by molar-refractivity contribution is -0.139. The van der Waals surface area contributed by atoms with Gasteiger partial charge in [0, 0.05) is 29.9 Å². The molecule has 51 heavy (non-hydrogen) atoms. The molecule has 2 amide bonds. The number of aliphatic hydroxyl groups is 2. The van der Waals surface area contributed by atoms with Gasteiger partial charge >= 0.3 is 0 Å². The molecule has 11 heteroatoms. The Morgan fingerprint density at radius 1 is 0.980 bits per heavy atom. The molecule has 0 radical (unpaired) electrons. The summed E-state index contributed by atoms with van der Waals surface area (Å²) in [6.45, 7) is 2.45. The Kier molecular flexibility index (Phi) is 9.40. The molecule has 2 N–H and O–H groups in total. The summed E-state index contributed by atoms with van der Waals surface area (Å²) >= 11 is 0. The van der Waals surface area contributed by atoms with Gasteiger partial charge in [0.05, 0.1) is 43.2 Å². The molecule has 7 rings (SSSR count). The highest BCUT2D eigenvalue weighted by molar-refractivity contribution is 6.07. The molecule has 0 fully saturated rings. The SMILES string of the molecule is COc1ccc2c(c1)[C@](O)([C@@H](C)/C=C/CCn1cc(C(CO)c3ccccc3)nn1)C(=O)N2Cc1ccc(N2C(=O)COc3ccccc32)cc1. The fraction of sp³-hybridized carbons (Fsp3) is 0.250. The highest BCUT2D eigenvalue weighted by Gasteiger charge is 2.52. The van der Waals surface area contributed by atoms with Crippen LogP contribution in [0, 0.1) is 5.92 Å². The van der Waals surface area contributed by atoms with Crippen LogP contribution >= 0.6 is 0 Å². The lowest BCUT2D eigenvalue weighted by Crippen LogP contribution is -2.44. The first-order valence-corrected chi connectivity index (χ1v) is 16.9. The van der Waals surface area contributed by atoms with Crippen molar-refractivity contribution in [1.29, 1.82) is 0 Å². The Morgan fingerprint density at radius 2 is 1.75 bits per heavy atom. The number of amides is 2. The smallest absolute Gasteiger partial charge is 0.269 e. The van der Waals surface area contributed by atoms with Gasteiger partial charge in [-0.05, 0) is 60.0 Å². The first-order valence-electron chi connectivity index (χ1n) is 16.9. The van der Waals surface area contributed by atoms with Gasteiger partial charge in [-0.25, -0.2) is 0 Å². The second-order valence-corrected chi connectivity index (χ2v) is 12.8. The van der Waals surface area contributed by atoms with E-state index in [4.69, 9.17) is 9.47 Å². The van der Waals surface area contributed by atoms with Gasteiger partial charge in [0.2, 0.25) is 0 Å². The number of carbonyl (C=O) groups excluding carboxylic acids is 2. The van der Waals surface area contributed by atoms with Crippen molar-refractivity contribution in [2.45, 2.75) is 38.0 Å². The number of methoxy groups -OCH3 is 1. The summed E-state index contributed by atoms with van der Waals surface area (Å²) in [6, 6.07) is 29.9. The maximum Gasteiger partial charge on any atom is 0.269 e. The van der Waals surface area contributed by atoms with Gasteiger partial charge in [0.15, 0.2) is 12.2 Å². The standard InChI is InChI=1S/C40H39N5O6/c1-27(10-8-9-21-43-24-34(41-42-43)32(25-46)29-11-4-3-5-12-29)40(49)33-22-31(50-2)19-20-35(33)44(39(40)48)23-28-15-17-30(18-16-28)45-36-13-6-7-14-37(36)51-26-38(45)47/h3-8,10-20,22,24,27,32,46,49H,9,21,23,25-26H2,1-2H3/b10-8+/t27-,32?,40+/m0/s1. The van der Waals surface area contributed by atoms with Crippen molar-refractivity contribution >= 4 is 28.9 Å². The minimum atomic E-state index is -1.82. The van der Waals surface area contributed by atoms with Gasteiger partial charge in [0.1, 0.15) is 11.5 Å². The summed E-state index contributed by atoms with van der Waals surface area (Å²) in [7, 11) is 1.55. The number of allylic oxidation sites excluding steroid dienone is 1. The predicted octanol–water partition coefficient (Wildman–Crippen LogP) is 5.49. The summed E-state index contributed by atoms with van der Waals surface area (Å²) in [6.07, 6.45) is 6.22. The summed E-state index contributed by atoms with van der Waals surface area (Å²) in [5.74, 6) is -0.254. The van der Waals surface area contributed by atoms with E-state index in [1.165, 1.54) is 0 Å². The third-order valence-electron chi connectivity index (χ3n) is 9.62. The molecule has 2 aliphatic rings. The molecule has 4 aromatic carbocycles. The lowest BCUT2D eigenvalue weighted by Gasteiger charge is -2.29. The van der Waals surface area contributed by atoms with Crippen molar-refractivity contribution in [3.8, 4) is 11.5 Å². The quantitative estimate of drug-likeness (QED) is 0.165. The zero-order chi connectivity index (χ0) is 35.5. The van der Waals surface area contributed by atoms with Crippen LogP contribution in [0.15, 0.2) is 115 Å². The van der Waals surface area contributed by atoms with Crippen LogP contribution in [-0.2, 0) is 28.3 Å². The van der Waals surface area contributed by atoms with Crippen LogP contribution in [0.1, 0.15) is 41.6 Å². The molecule has 5 aromatic rings. The fourth-order valence-corrected chi connectivity index (χ4v) is 6.81. The number of carbonyl (C=O) groups is 2. The zero-order valence-electron chi connectivity index (χ0n) is 28.4. The van der Waals surface area contributed by atoms with E-state index in [1.54, 1.807) is 39.8 Å². The van der Waals surface area contributed by atoms with Crippen LogP contribution in [0.5, 0.6) is 11.5 Å². The van der Waals surface area contributed by atoms with Crippen molar-refractivity contribution in [2.75, 3.05) is 30.1 Å². The number of nitrogens with zero attached hydrogens (tertiary/aromatic N) is 5. The number of hydrogen-bond acceptors (Lipinski definition) is 8. The molecule has 0 spiro atoms. The van der Waals surface area contributed by atoms with Crippen molar-refractivity contribution in [3.05, 3.63) is 138 Å². The number of hydrogen-bond donors (Lipinski definition) is 2. The minimum Gasteiger partial charge on any atom is -0.497 e. The molecule has 0 aliphatic carbocycles. The van der Waals surface area contributed by atoms with E-state index < -0.39 is 17.4 Å². The number of benzene rings is 4. The van der Waals surface area contributed by atoms with Crippen LogP contribution in [0.25, 0.3) is 0 Å². The van der Waals surface area contributed by atoms with Crippen molar-refractivity contribution in [1.82, 2.24) is 15.0 Å². The number of ether oxygens (including phenoxy) is 2. The molecule has 11 nitrogen and oxygen atoms in total. The molecule has 1 aromatic heterocycles. The second kappa shape index (κ2) is 14.2. The fourth-order valence-electron chi connectivity index (χ4n) is 6.81. The Balaban J connectivity index is 1.06. The molecule has 3 atom stereocenters. The van der Waals surface area contributed by atoms with Crippen LogP contribution in [0.3, 0.4) is 0 Å². The number of aromatic nitrogens is 3. The first-order chi connectivity index (χ1) is 24.8. The normalized spacial score (nSPS) is 18.0. The summed E-state index contributed by atoms with van der Waals surface area (Å²) in [4.78, 5) is 30.2. The van der Waals surface area contributed by atoms with E-state index in [-0.39, 0.29) is 31.6 Å². The largest absolute Gasteiger partial charge is 0.497 e.